The minimum atomic E-state index is -3.81. The zero-order chi connectivity index (χ0) is 20.1. The van der Waals surface area contributed by atoms with Gasteiger partial charge in [0, 0.05) is 4.50 Å². The maximum atomic E-state index is 11.8. The van der Waals surface area contributed by atoms with Crippen LogP contribution in [0.5, 0.6) is 0 Å². The number of nitrogens with zero attached hydrogens (tertiary/aromatic N) is 1. The van der Waals surface area contributed by atoms with Gasteiger partial charge in [-0.2, -0.15) is 0 Å². The molecule has 5 nitrogen and oxygen atoms in total. The van der Waals surface area contributed by atoms with Crippen molar-refractivity contribution in [2.24, 2.45) is 5.14 Å². The lowest BCUT2D eigenvalue weighted by Gasteiger charge is -2.38. The molecule has 0 bridgehead atoms. The van der Waals surface area contributed by atoms with E-state index in [1.54, 1.807) is 0 Å². The van der Waals surface area contributed by atoms with Crippen LogP contribution in [0.2, 0.25) is 36.3 Å². The Morgan fingerprint density at radius 1 is 1.04 bits per heavy atom. The van der Waals surface area contributed by atoms with Crippen LogP contribution in [0.15, 0.2) is 4.34 Å². The van der Waals surface area contributed by atoms with E-state index in [9.17, 15) is 8.42 Å². The Balaban J connectivity index is 3.38. The molecular formula is C16H34N2O3S2Si2. The Kier molecular flexibility index (Phi) is 6.28. The summed E-state index contributed by atoms with van der Waals surface area (Å²) >= 11 is 1.23. The van der Waals surface area contributed by atoms with Crippen molar-refractivity contribution in [1.82, 2.24) is 4.98 Å². The van der Waals surface area contributed by atoms with Crippen LogP contribution in [-0.2, 0) is 21.1 Å². The first kappa shape index (κ1) is 23.0. The molecule has 0 fully saturated rings. The molecule has 1 aromatic heterocycles. The molecule has 0 amide bonds. The summed E-state index contributed by atoms with van der Waals surface area (Å²) in [7, 11) is -7.71. The Hall–Kier alpha value is -0.0662. The molecule has 2 N–H and O–H groups in total. The summed E-state index contributed by atoms with van der Waals surface area (Å²) in [6.45, 7) is 22.4. The molecule has 1 rings (SSSR count). The lowest BCUT2D eigenvalue weighted by molar-refractivity contribution is 0.273. The maximum Gasteiger partial charge on any atom is 0.265 e. The molecule has 1 aromatic rings. The van der Waals surface area contributed by atoms with Crippen LogP contribution in [0, 0.1) is 0 Å². The average Bonchev–Trinajstić information content (AvgIpc) is 2.78. The van der Waals surface area contributed by atoms with Crippen molar-refractivity contribution in [3.8, 4) is 0 Å². The third-order valence-electron chi connectivity index (χ3n) is 5.74. The van der Waals surface area contributed by atoms with E-state index in [1.807, 2.05) is 0 Å². The lowest BCUT2D eigenvalue weighted by Crippen LogP contribution is -2.50. The molecule has 0 aliphatic rings. The quantitative estimate of drug-likeness (QED) is 0.726. The molecule has 0 aromatic carbocycles. The summed E-state index contributed by atoms with van der Waals surface area (Å²) in [5.74, 6) is 0. The molecule has 0 radical (unpaired) electrons. The molecule has 0 aliphatic carbocycles. The first-order valence-corrected chi connectivity index (χ1v) is 16.7. The fourth-order valence-corrected chi connectivity index (χ4v) is 8.26. The van der Waals surface area contributed by atoms with E-state index in [2.05, 4.69) is 72.7 Å². The number of hydrogen-bond donors (Lipinski definition) is 1. The summed E-state index contributed by atoms with van der Waals surface area (Å²) in [6.07, 6.45) is 0. The standard InChI is InChI=1S/C16H34N2O3S2Si2/c1-15(2,3)24(7,8)13-12(18-14(22-13)23(17,19)20)11-21-25(9,10)16(4,5)6/h11H2,1-10H3,(H2,17,19,20). The fraction of sp³-hybridized carbons (Fsp3) is 0.812. The highest BCUT2D eigenvalue weighted by Crippen LogP contribution is 2.39. The second-order valence-electron chi connectivity index (χ2n) is 9.72. The van der Waals surface area contributed by atoms with Crippen molar-refractivity contribution in [1.29, 1.82) is 0 Å². The number of thiazole rings is 1. The Morgan fingerprint density at radius 3 is 1.88 bits per heavy atom. The molecular weight excluding hydrogens is 388 g/mol. The Labute approximate surface area is 159 Å². The first-order valence-electron chi connectivity index (χ1n) is 8.47. The highest BCUT2D eigenvalue weighted by atomic mass is 32.2. The monoisotopic (exact) mass is 422 g/mol. The normalized spacial score (nSPS) is 14.8. The third-order valence-corrected chi connectivity index (χ3v) is 19.5. The van der Waals surface area contributed by atoms with Gasteiger partial charge >= 0.3 is 0 Å². The van der Waals surface area contributed by atoms with Crippen LogP contribution < -0.4 is 9.64 Å². The molecule has 1 heterocycles. The predicted octanol–water partition coefficient (Wildman–Crippen LogP) is 4.03. The molecule has 0 atom stereocenters. The fourth-order valence-electron chi connectivity index (χ4n) is 1.84. The van der Waals surface area contributed by atoms with Crippen molar-refractivity contribution in [3.05, 3.63) is 5.69 Å². The molecule has 0 unspecified atom stereocenters. The van der Waals surface area contributed by atoms with Gasteiger partial charge in [0.2, 0.25) is 4.34 Å². The van der Waals surface area contributed by atoms with Crippen LogP contribution in [-0.4, -0.2) is 29.8 Å². The molecule has 0 aliphatic heterocycles. The minimum absolute atomic E-state index is 0.00107. The van der Waals surface area contributed by atoms with Crippen LogP contribution in [0.1, 0.15) is 47.2 Å². The average molecular weight is 423 g/mol. The highest BCUT2D eigenvalue weighted by Gasteiger charge is 2.42. The van der Waals surface area contributed by atoms with Crippen molar-refractivity contribution >= 4 is 42.3 Å². The van der Waals surface area contributed by atoms with Gasteiger partial charge in [0.05, 0.1) is 12.3 Å². The van der Waals surface area contributed by atoms with Gasteiger partial charge in [-0.25, -0.2) is 18.5 Å². The van der Waals surface area contributed by atoms with E-state index in [-0.39, 0.29) is 14.4 Å². The molecule has 146 valence electrons. The number of primary sulfonamides is 1. The van der Waals surface area contributed by atoms with Crippen molar-refractivity contribution < 1.29 is 12.8 Å². The number of hydrogen-bond acceptors (Lipinski definition) is 5. The second kappa shape index (κ2) is 6.83. The maximum absolute atomic E-state index is 11.8. The summed E-state index contributed by atoms with van der Waals surface area (Å²) in [6, 6.07) is 0. The van der Waals surface area contributed by atoms with Gasteiger partial charge in [-0.15, -0.1) is 11.3 Å². The highest BCUT2D eigenvalue weighted by molar-refractivity contribution is 7.91. The van der Waals surface area contributed by atoms with E-state index in [0.29, 0.717) is 6.61 Å². The van der Waals surface area contributed by atoms with Crippen LogP contribution in [0.4, 0.5) is 0 Å². The molecule has 0 saturated carbocycles. The van der Waals surface area contributed by atoms with E-state index in [4.69, 9.17) is 9.56 Å². The second-order valence-corrected chi connectivity index (χ2v) is 22.9. The Bertz CT molecular complexity index is 728. The zero-order valence-electron chi connectivity index (χ0n) is 17.3. The molecule has 0 spiro atoms. The van der Waals surface area contributed by atoms with Gasteiger partial charge in [-0.3, -0.25) is 0 Å². The topological polar surface area (TPSA) is 82.3 Å². The third kappa shape index (κ3) is 5.01. The Morgan fingerprint density at radius 2 is 1.52 bits per heavy atom. The number of rotatable bonds is 5. The number of sulfonamides is 1. The van der Waals surface area contributed by atoms with Gasteiger partial charge in [0.1, 0.15) is 8.07 Å². The van der Waals surface area contributed by atoms with Crippen molar-refractivity contribution in [3.63, 3.8) is 0 Å². The SMILES string of the molecule is CC(C)(C)[Si](C)(C)OCc1nc(S(N)(=O)=O)sc1[Si](C)(C)C(C)(C)C. The van der Waals surface area contributed by atoms with E-state index in [0.717, 1.165) is 10.2 Å². The van der Waals surface area contributed by atoms with Crippen LogP contribution >= 0.6 is 11.3 Å². The number of nitrogens with two attached hydrogens (primary N) is 1. The minimum Gasteiger partial charge on any atom is -0.411 e. The van der Waals surface area contributed by atoms with Gasteiger partial charge in [0.25, 0.3) is 10.0 Å². The van der Waals surface area contributed by atoms with E-state index in [1.165, 1.54) is 11.3 Å². The summed E-state index contributed by atoms with van der Waals surface area (Å²) in [5.41, 5.74) is 0.755. The van der Waals surface area contributed by atoms with Crippen LogP contribution in [0.3, 0.4) is 0 Å². The lowest BCUT2D eigenvalue weighted by atomic mass is 10.2. The summed E-state index contributed by atoms with van der Waals surface area (Å²) < 4.78 is 31.1. The van der Waals surface area contributed by atoms with E-state index >= 15 is 0 Å². The van der Waals surface area contributed by atoms with Crippen molar-refractivity contribution in [2.75, 3.05) is 0 Å². The predicted molar refractivity (Wildman–Crippen MR) is 112 cm³/mol. The van der Waals surface area contributed by atoms with Crippen molar-refractivity contribution in [2.45, 2.75) is 88.8 Å². The summed E-state index contributed by atoms with van der Waals surface area (Å²) in [4.78, 5) is 4.38. The zero-order valence-corrected chi connectivity index (χ0v) is 20.9. The van der Waals surface area contributed by atoms with Gasteiger partial charge < -0.3 is 4.43 Å². The van der Waals surface area contributed by atoms with Gasteiger partial charge in [0.15, 0.2) is 8.32 Å². The summed E-state index contributed by atoms with van der Waals surface area (Å²) in [5, 5.41) is 5.50. The molecule has 25 heavy (non-hydrogen) atoms. The first-order chi connectivity index (χ1) is 10.8. The van der Waals surface area contributed by atoms with Gasteiger partial charge in [-0.1, -0.05) is 54.6 Å². The smallest absolute Gasteiger partial charge is 0.265 e. The van der Waals surface area contributed by atoms with Gasteiger partial charge in [-0.05, 0) is 23.2 Å². The largest absolute Gasteiger partial charge is 0.411 e. The van der Waals surface area contributed by atoms with Crippen LogP contribution in [0.25, 0.3) is 0 Å². The molecule has 9 heteroatoms. The van der Waals surface area contributed by atoms with E-state index < -0.39 is 26.4 Å². The number of aromatic nitrogens is 1. The molecule has 0 saturated heterocycles.